The Hall–Kier alpha value is -3.42. The monoisotopic (exact) mass is 350 g/mol. The second-order valence-electron chi connectivity index (χ2n) is 6.35. The molecule has 0 bridgehead atoms. The molecule has 1 aliphatic rings. The Kier molecular flexibility index (Phi) is 3.03. The van der Waals surface area contributed by atoms with Gasteiger partial charge in [-0.05, 0) is 42.5 Å². The zero-order valence-corrected chi connectivity index (χ0v) is 13.7. The molecular weight excluding hydrogens is 336 g/mol. The minimum atomic E-state index is -0.622. The molecule has 4 aromatic rings. The highest BCUT2D eigenvalue weighted by Gasteiger charge is 2.27. The van der Waals surface area contributed by atoms with Crippen LogP contribution in [-0.4, -0.2) is 20.4 Å². The molecule has 130 valence electrons. The van der Waals surface area contributed by atoms with Crippen molar-refractivity contribution in [2.75, 3.05) is 0 Å². The normalized spacial score (nSPS) is 13.5. The smallest absolute Gasteiger partial charge is 0.297 e. The van der Waals surface area contributed by atoms with Gasteiger partial charge in [0.05, 0.1) is 18.0 Å². The molecule has 5 rings (SSSR count). The Morgan fingerprint density at radius 3 is 2.92 bits per heavy atom. The number of pyridine rings is 1. The van der Waals surface area contributed by atoms with Crippen molar-refractivity contribution in [2.24, 2.45) is 5.73 Å². The van der Waals surface area contributed by atoms with Crippen LogP contribution in [0.15, 0.2) is 38.4 Å². The van der Waals surface area contributed by atoms with Crippen molar-refractivity contribution in [3.8, 4) is 11.5 Å². The van der Waals surface area contributed by atoms with E-state index in [2.05, 4.69) is 9.97 Å². The highest BCUT2D eigenvalue weighted by molar-refractivity contribution is 6.04. The molecule has 0 spiro atoms. The average molecular weight is 350 g/mol. The highest BCUT2D eigenvalue weighted by atomic mass is 16.3. The summed E-state index contributed by atoms with van der Waals surface area (Å²) in [5, 5.41) is 0.770. The van der Waals surface area contributed by atoms with E-state index in [1.54, 1.807) is 6.26 Å². The van der Waals surface area contributed by atoms with Gasteiger partial charge in [0.15, 0.2) is 5.76 Å². The highest BCUT2D eigenvalue weighted by Crippen LogP contribution is 2.39. The van der Waals surface area contributed by atoms with Crippen LogP contribution in [0.3, 0.4) is 0 Å². The second-order valence-corrected chi connectivity index (χ2v) is 6.35. The lowest BCUT2D eigenvalue weighted by Gasteiger charge is -2.06. The van der Waals surface area contributed by atoms with Crippen LogP contribution in [0.2, 0.25) is 0 Å². The van der Waals surface area contributed by atoms with E-state index in [-0.39, 0.29) is 12.1 Å². The first-order chi connectivity index (χ1) is 12.6. The average Bonchev–Trinajstić information content (AvgIpc) is 3.34. The van der Waals surface area contributed by atoms with Gasteiger partial charge in [0, 0.05) is 0 Å². The summed E-state index contributed by atoms with van der Waals surface area (Å²) in [5.74, 6) is 0.0492. The largest absolute Gasteiger partial charge is 0.463 e. The molecule has 4 aromatic heterocycles. The first-order valence-corrected chi connectivity index (χ1v) is 8.29. The molecule has 0 saturated carbocycles. The fourth-order valence-electron chi connectivity index (χ4n) is 3.69. The van der Waals surface area contributed by atoms with Gasteiger partial charge in [-0.25, -0.2) is 9.97 Å². The van der Waals surface area contributed by atoms with Gasteiger partial charge in [-0.2, -0.15) is 0 Å². The van der Waals surface area contributed by atoms with E-state index in [0.29, 0.717) is 17.0 Å². The van der Waals surface area contributed by atoms with Crippen LogP contribution in [0.5, 0.6) is 0 Å². The van der Waals surface area contributed by atoms with Crippen molar-refractivity contribution in [1.82, 2.24) is 14.5 Å². The van der Waals surface area contributed by atoms with Crippen LogP contribution in [0.1, 0.15) is 17.5 Å². The first-order valence-electron chi connectivity index (χ1n) is 8.29. The Labute approximate surface area is 146 Å². The molecule has 8 heteroatoms. The zero-order chi connectivity index (χ0) is 17.8. The Morgan fingerprint density at radius 1 is 1.31 bits per heavy atom. The minimum absolute atomic E-state index is 0.0851. The van der Waals surface area contributed by atoms with Gasteiger partial charge < -0.3 is 14.6 Å². The third kappa shape index (κ3) is 2.01. The van der Waals surface area contributed by atoms with Gasteiger partial charge in [0.2, 0.25) is 17.2 Å². The predicted octanol–water partition coefficient (Wildman–Crippen LogP) is 1.77. The van der Waals surface area contributed by atoms with E-state index in [1.807, 2.05) is 12.1 Å². The number of hydrogen-bond donors (Lipinski definition) is 1. The molecule has 0 atom stereocenters. The summed E-state index contributed by atoms with van der Waals surface area (Å²) in [6.45, 7) is -0.248. The molecule has 4 heterocycles. The number of aromatic nitrogens is 3. The number of fused-ring (bicyclic) bond motifs is 5. The van der Waals surface area contributed by atoms with Crippen LogP contribution in [0.4, 0.5) is 0 Å². The van der Waals surface area contributed by atoms with E-state index in [9.17, 15) is 9.59 Å². The number of rotatable bonds is 3. The molecule has 0 aliphatic heterocycles. The summed E-state index contributed by atoms with van der Waals surface area (Å²) in [6, 6.07) is 3.67. The number of hydrogen-bond acceptors (Lipinski definition) is 6. The standard InChI is InChI=1S/C18H14N4O4/c19-12(23)7-22-8-20-15-13-9-3-1-4-10(9)14(11-5-2-6-25-11)21-17(13)26-16(15)18(22)24/h2,5-6,8H,1,3-4,7H2,(H2,19,23). The summed E-state index contributed by atoms with van der Waals surface area (Å²) in [6.07, 6.45) is 5.68. The maximum absolute atomic E-state index is 12.6. The van der Waals surface area contributed by atoms with Crippen LogP contribution in [0.25, 0.3) is 33.7 Å². The molecular formula is C18H14N4O4. The summed E-state index contributed by atoms with van der Waals surface area (Å²) in [4.78, 5) is 32.7. The van der Waals surface area contributed by atoms with Crippen LogP contribution in [0, 0.1) is 0 Å². The number of amides is 1. The zero-order valence-electron chi connectivity index (χ0n) is 13.7. The molecule has 1 aliphatic carbocycles. The number of furan rings is 2. The summed E-state index contributed by atoms with van der Waals surface area (Å²) in [5.41, 5.74) is 8.60. The van der Waals surface area contributed by atoms with E-state index >= 15 is 0 Å². The second kappa shape index (κ2) is 5.29. The molecule has 0 unspecified atom stereocenters. The maximum atomic E-state index is 12.6. The van der Waals surface area contributed by atoms with Gasteiger partial charge in [-0.3, -0.25) is 14.2 Å². The molecule has 2 N–H and O–H groups in total. The van der Waals surface area contributed by atoms with Crippen molar-refractivity contribution in [2.45, 2.75) is 25.8 Å². The van der Waals surface area contributed by atoms with E-state index in [0.717, 1.165) is 46.0 Å². The van der Waals surface area contributed by atoms with E-state index in [4.69, 9.17) is 14.6 Å². The lowest BCUT2D eigenvalue weighted by molar-refractivity contribution is -0.118. The van der Waals surface area contributed by atoms with Crippen molar-refractivity contribution in [3.05, 3.63) is 46.2 Å². The van der Waals surface area contributed by atoms with Gasteiger partial charge in [-0.15, -0.1) is 0 Å². The Morgan fingerprint density at radius 2 is 2.15 bits per heavy atom. The number of aryl methyl sites for hydroxylation is 1. The van der Waals surface area contributed by atoms with E-state index < -0.39 is 11.5 Å². The number of primary amides is 1. The number of nitrogens with two attached hydrogens (primary N) is 1. The van der Waals surface area contributed by atoms with Gasteiger partial charge >= 0.3 is 0 Å². The molecule has 8 nitrogen and oxygen atoms in total. The van der Waals surface area contributed by atoms with Crippen LogP contribution >= 0.6 is 0 Å². The van der Waals surface area contributed by atoms with Crippen molar-refractivity contribution in [1.29, 1.82) is 0 Å². The van der Waals surface area contributed by atoms with Gasteiger partial charge in [0.1, 0.15) is 17.8 Å². The predicted molar refractivity (Wildman–Crippen MR) is 92.5 cm³/mol. The molecule has 0 radical (unpaired) electrons. The topological polar surface area (TPSA) is 117 Å². The van der Waals surface area contributed by atoms with Crippen molar-refractivity contribution >= 4 is 28.1 Å². The molecule has 26 heavy (non-hydrogen) atoms. The fraction of sp³-hybridized carbons (Fsp3) is 0.222. The SMILES string of the molecule is NC(=O)Cn1cnc2c(oc3nc(-c4ccco4)c4c(c32)CCC4)c1=O. The molecule has 1 amide bonds. The first kappa shape index (κ1) is 14.9. The Bertz CT molecular complexity index is 1230. The molecule has 0 aromatic carbocycles. The Balaban J connectivity index is 1.85. The quantitative estimate of drug-likeness (QED) is 0.602. The van der Waals surface area contributed by atoms with Crippen LogP contribution < -0.4 is 11.3 Å². The van der Waals surface area contributed by atoms with Crippen LogP contribution in [-0.2, 0) is 24.2 Å². The maximum Gasteiger partial charge on any atom is 0.297 e. The fourth-order valence-corrected chi connectivity index (χ4v) is 3.69. The van der Waals surface area contributed by atoms with Crippen molar-refractivity contribution in [3.63, 3.8) is 0 Å². The molecule has 0 fully saturated rings. The number of carbonyl (C=O) groups excluding carboxylic acids is 1. The lowest BCUT2D eigenvalue weighted by Crippen LogP contribution is -2.27. The summed E-state index contributed by atoms with van der Waals surface area (Å²) < 4.78 is 12.4. The molecule has 0 saturated heterocycles. The van der Waals surface area contributed by atoms with Gasteiger partial charge in [-0.1, -0.05) is 0 Å². The summed E-state index contributed by atoms with van der Waals surface area (Å²) in [7, 11) is 0. The van der Waals surface area contributed by atoms with Crippen molar-refractivity contribution < 1.29 is 13.6 Å². The summed E-state index contributed by atoms with van der Waals surface area (Å²) >= 11 is 0. The third-order valence-corrected chi connectivity index (χ3v) is 4.75. The third-order valence-electron chi connectivity index (χ3n) is 4.75. The minimum Gasteiger partial charge on any atom is -0.463 e. The van der Waals surface area contributed by atoms with E-state index in [1.165, 1.54) is 6.33 Å². The van der Waals surface area contributed by atoms with Gasteiger partial charge in [0.25, 0.3) is 5.56 Å². The number of carbonyl (C=O) groups is 1. The number of nitrogens with zero attached hydrogens (tertiary/aromatic N) is 3. The lowest BCUT2D eigenvalue weighted by atomic mass is 10.0.